The second-order valence-electron chi connectivity index (χ2n) is 7.13. The van der Waals surface area contributed by atoms with Crippen molar-refractivity contribution in [3.8, 4) is 16.9 Å². The second-order valence-corrected chi connectivity index (χ2v) is 9.29. The summed E-state index contributed by atoms with van der Waals surface area (Å²) < 4.78 is 40.6. The fourth-order valence-corrected chi connectivity index (χ4v) is 3.96. The number of rotatable bonds is 4. The number of nitrogens with one attached hydrogen (secondary N) is 1. The Morgan fingerprint density at radius 1 is 1.10 bits per heavy atom. The first-order chi connectivity index (χ1) is 14.6. The number of carbonyl (C=O) groups excluding carboxylic acids is 1. The van der Waals surface area contributed by atoms with Gasteiger partial charge in [-0.15, -0.1) is 0 Å². The maximum atomic E-state index is 14.8. The Morgan fingerprint density at radius 3 is 2.45 bits per heavy atom. The van der Waals surface area contributed by atoms with Gasteiger partial charge in [0.15, 0.2) is 0 Å². The zero-order chi connectivity index (χ0) is 22.3. The molecule has 0 saturated heterocycles. The Balaban J connectivity index is 1.87. The Kier molecular flexibility index (Phi) is 5.28. The van der Waals surface area contributed by atoms with E-state index < -0.39 is 27.3 Å². The zero-order valence-corrected chi connectivity index (χ0v) is 18.1. The van der Waals surface area contributed by atoms with E-state index in [1.54, 1.807) is 4.72 Å². The number of fused-ring (bicyclic) bond motifs is 1. The van der Waals surface area contributed by atoms with E-state index in [1.807, 2.05) is 55.5 Å². The van der Waals surface area contributed by atoms with Gasteiger partial charge in [0.05, 0.1) is 28.0 Å². The summed E-state index contributed by atoms with van der Waals surface area (Å²) in [5, 5.41) is 5.56. The highest BCUT2D eigenvalue weighted by molar-refractivity contribution is 7.89. The first-order valence-electron chi connectivity index (χ1n) is 9.20. The fourth-order valence-electron chi connectivity index (χ4n) is 3.27. The minimum absolute atomic E-state index is 0.0451. The molecule has 0 bridgehead atoms. The van der Waals surface area contributed by atoms with E-state index in [0.29, 0.717) is 11.2 Å². The molecule has 0 unspecified atom stereocenters. The van der Waals surface area contributed by atoms with Crippen LogP contribution in [-0.2, 0) is 10.0 Å². The minimum Gasteiger partial charge on any atom is -0.268 e. The summed E-state index contributed by atoms with van der Waals surface area (Å²) in [5.41, 5.74) is 3.15. The summed E-state index contributed by atoms with van der Waals surface area (Å²) in [6, 6.07) is 17.5. The van der Waals surface area contributed by atoms with Crippen molar-refractivity contribution >= 4 is 38.4 Å². The largest absolute Gasteiger partial charge is 0.268 e. The van der Waals surface area contributed by atoms with Crippen LogP contribution in [0.5, 0.6) is 0 Å². The van der Waals surface area contributed by atoms with Crippen molar-refractivity contribution in [3.63, 3.8) is 0 Å². The molecule has 0 radical (unpaired) electrons. The predicted octanol–water partition coefficient (Wildman–Crippen LogP) is 4.48. The first kappa shape index (κ1) is 21.0. The van der Waals surface area contributed by atoms with Crippen molar-refractivity contribution in [3.05, 3.63) is 82.6 Å². The standard InChI is InChI=1S/C22H17ClFN3O3S/c1-13-7-9-14(10-8-13)21-15-5-3-4-6-19(15)27(25-21)20-12-18(24)16(11-17(20)23)22(28)26-31(2,29)30/h3-12H,1-2H3,(H,26,28). The van der Waals surface area contributed by atoms with Crippen LogP contribution >= 0.6 is 11.6 Å². The maximum absolute atomic E-state index is 14.8. The molecule has 1 heterocycles. The lowest BCUT2D eigenvalue weighted by Gasteiger charge is -2.10. The van der Waals surface area contributed by atoms with Gasteiger partial charge >= 0.3 is 0 Å². The number of benzene rings is 3. The topological polar surface area (TPSA) is 81.1 Å². The summed E-state index contributed by atoms with van der Waals surface area (Å²) in [5.74, 6) is -2.02. The molecule has 1 aromatic heterocycles. The van der Waals surface area contributed by atoms with Gasteiger partial charge in [0.1, 0.15) is 11.5 Å². The van der Waals surface area contributed by atoms with Crippen LogP contribution in [0.3, 0.4) is 0 Å². The minimum atomic E-state index is -3.85. The Hall–Kier alpha value is -3.23. The average molecular weight is 458 g/mol. The smallest absolute Gasteiger partial charge is 0.267 e. The Bertz CT molecular complexity index is 1430. The van der Waals surface area contributed by atoms with Gasteiger partial charge in [-0.2, -0.15) is 5.10 Å². The van der Waals surface area contributed by atoms with Crippen LogP contribution in [-0.4, -0.2) is 30.4 Å². The number of halogens is 2. The highest BCUT2D eigenvalue weighted by Crippen LogP contribution is 2.33. The second kappa shape index (κ2) is 7.79. The Labute approximate surface area is 183 Å². The molecule has 0 aliphatic carbocycles. The van der Waals surface area contributed by atoms with E-state index in [4.69, 9.17) is 11.6 Å². The molecular weight excluding hydrogens is 441 g/mol. The first-order valence-corrected chi connectivity index (χ1v) is 11.5. The van der Waals surface area contributed by atoms with Crippen molar-refractivity contribution in [2.75, 3.05) is 6.26 Å². The molecule has 0 atom stereocenters. The lowest BCUT2D eigenvalue weighted by molar-refractivity contribution is 0.0978. The summed E-state index contributed by atoms with van der Waals surface area (Å²) >= 11 is 6.37. The molecule has 0 saturated carbocycles. The molecule has 9 heteroatoms. The zero-order valence-electron chi connectivity index (χ0n) is 16.6. The van der Waals surface area contributed by atoms with Crippen molar-refractivity contribution < 1.29 is 17.6 Å². The molecule has 0 aliphatic rings. The van der Waals surface area contributed by atoms with E-state index in [0.717, 1.165) is 34.9 Å². The number of para-hydroxylation sites is 1. The quantitative estimate of drug-likeness (QED) is 0.490. The van der Waals surface area contributed by atoms with Crippen LogP contribution in [0.2, 0.25) is 5.02 Å². The molecule has 158 valence electrons. The summed E-state index contributed by atoms with van der Waals surface area (Å²) in [6.07, 6.45) is 0.807. The normalized spacial score (nSPS) is 11.6. The van der Waals surface area contributed by atoms with Gasteiger partial charge in [0.25, 0.3) is 5.91 Å². The lowest BCUT2D eigenvalue weighted by atomic mass is 10.1. The van der Waals surface area contributed by atoms with E-state index in [2.05, 4.69) is 5.10 Å². The number of aryl methyl sites for hydroxylation is 1. The van der Waals surface area contributed by atoms with Gasteiger partial charge in [-0.1, -0.05) is 59.6 Å². The Morgan fingerprint density at radius 2 is 1.77 bits per heavy atom. The molecular formula is C22H17ClFN3O3S. The third-order valence-corrected chi connectivity index (χ3v) is 5.56. The molecule has 4 rings (SSSR count). The predicted molar refractivity (Wildman–Crippen MR) is 119 cm³/mol. The van der Waals surface area contributed by atoms with E-state index in [1.165, 1.54) is 4.68 Å². The third kappa shape index (κ3) is 4.17. The summed E-state index contributed by atoms with van der Waals surface area (Å²) in [6.45, 7) is 1.99. The highest BCUT2D eigenvalue weighted by Gasteiger charge is 2.21. The third-order valence-electron chi connectivity index (χ3n) is 4.70. The number of nitrogens with zero attached hydrogens (tertiary/aromatic N) is 2. The molecule has 0 fully saturated rings. The van der Waals surface area contributed by atoms with Crippen molar-refractivity contribution in [1.82, 2.24) is 14.5 Å². The monoisotopic (exact) mass is 457 g/mol. The van der Waals surface area contributed by atoms with Crippen LogP contribution in [0.1, 0.15) is 15.9 Å². The van der Waals surface area contributed by atoms with Crippen LogP contribution in [0.15, 0.2) is 60.7 Å². The molecule has 1 N–H and O–H groups in total. The molecule has 6 nitrogen and oxygen atoms in total. The van der Waals surface area contributed by atoms with Gasteiger partial charge in [-0.25, -0.2) is 22.2 Å². The van der Waals surface area contributed by atoms with Gasteiger partial charge in [-0.05, 0) is 19.1 Å². The SMILES string of the molecule is Cc1ccc(-c2nn(-c3cc(F)c(C(=O)NS(C)(=O)=O)cc3Cl)c3ccccc23)cc1. The molecule has 0 aliphatic heterocycles. The summed E-state index contributed by atoms with van der Waals surface area (Å²) in [7, 11) is -3.85. The number of hydrogen-bond acceptors (Lipinski definition) is 4. The maximum Gasteiger partial charge on any atom is 0.267 e. The van der Waals surface area contributed by atoms with E-state index >= 15 is 0 Å². The molecule has 4 aromatic rings. The summed E-state index contributed by atoms with van der Waals surface area (Å²) in [4.78, 5) is 12.1. The number of carbonyl (C=O) groups is 1. The van der Waals surface area contributed by atoms with Gasteiger partial charge in [0, 0.05) is 17.0 Å². The average Bonchev–Trinajstić information content (AvgIpc) is 3.08. The fraction of sp³-hybridized carbons (Fsp3) is 0.0909. The highest BCUT2D eigenvalue weighted by atomic mass is 35.5. The number of amides is 1. The van der Waals surface area contributed by atoms with Gasteiger partial charge < -0.3 is 0 Å². The number of aromatic nitrogens is 2. The molecule has 1 amide bonds. The van der Waals surface area contributed by atoms with Crippen molar-refractivity contribution in [2.45, 2.75) is 6.92 Å². The molecule has 0 spiro atoms. The van der Waals surface area contributed by atoms with Crippen LogP contribution in [0, 0.1) is 12.7 Å². The van der Waals surface area contributed by atoms with Gasteiger partial charge in [-0.3, -0.25) is 4.79 Å². The van der Waals surface area contributed by atoms with Crippen molar-refractivity contribution in [2.24, 2.45) is 0 Å². The number of sulfonamides is 1. The lowest BCUT2D eigenvalue weighted by Crippen LogP contribution is -2.30. The van der Waals surface area contributed by atoms with Crippen LogP contribution < -0.4 is 4.72 Å². The van der Waals surface area contributed by atoms with Gasteiger partial charge in [0.2, 0.25) is 10.0 Å². The van der Waals surface area contributed by atoms with Crippen molar-refractivity contribution in [1.29, 1.82) is 0 Å². The number of hydrogen-bond donors (Lipinski definition) is 1. The van der Waals surface area contributed by atoms with Crippen LogP contribution in [0.4, 0.5) is 4.39 Å². The molecule has 3 aromatic carbocycles. The van der Waals surface area contributed by atoms with Crippen LogP contribution in [0.25, 0.3) is 27.8 Å². The molecule has 31 heavy (non-hydrogen) atoms. The van der Waals surface area contributed by atoms with E-state index in [9.17, 15) is 17.6 Å². The van der Waals surface area contributed by atoms with E-state index in [-0.39, 0.29) is 10.7 Å².